The van der Waals surface area contributed by atoms with Crippen molar-refractivity contribution >= 4 is 54.1 Å². The van der Waals surface area contributed by atoms with Crippen LogP contribution in [0.4, 0.5) is 0 Å². The predicted molar refractivity (Wildman–Crippen MR) is 238 cm³/mol. The summed E-state index contributed by atoms with van der Waals surface area (Å²) in [5.74, 6) is 0.945. The van der Waals surface area contributed by atoms with Crippen molar-refractivity contribution in [3.05, 3.63) is 206 Å². The number of hydrogen-bond donors (Lipinski definition) is 0. The van der Waals surface area contributed by atoms with Crippen molar-refractivity contribution in [2.75, 3.05) is 0 Å². The van der Waals surface area contributed by atoms with Crippen LogP contribution in [0.15, 0.2) is 200 Å². The van der Waals surface area contributed by atoms with E-state index in [1.807, 2.05) is 0 Å². The largest absolute Gasteiger partial charge is 0.292 e. The van der Waals surface area contributed by atoms with Crippen LogP contribution in [0, 0.1) is 6.92 Å². The number of para-hydroxylation sites is 3. The van der Waals surface area contributed by atoms with E-state index in [0.717, 1.165) is 28.1 Å². The molecule has 0 N–H and O–H groups in total. The maximum atomic E-state index is 5.10. The fourth-order valence-electron chi connectivity index (χ4n) is 8.67. The molecule has 0 aliphatic carbocycles. The predicted octanol–water partition coefficient (Wildman–Crippen LogP) is 14.6. The van der Waals surface area contributed by atoms with E-state index in [4.69, 9.17) is 4.98 Å². The number of nitrogens with zero attached hydrogens (tertiary/aromatic N) is 2. The highest BCUT2D eigenvalue weighted by Gasteiger charge is 2.18. The van der Waals surface area contributed by atoms with Crippen LogP contribution < -0.4 is 0 Å². The van der Waals surface area contributed by atoms with Gasteiger partial charge in [0.15, 0.2) is 0 Å². The Kier molecular flexibility index (Phi) is 7.43. The first-order valence-electron chi connectivity index (χ1n) is 19.3. The number of benzene rings is 10. The highest BCUT2D eigenvalue weighted by atomic mass is 15.1. The van der Waals surface area contributed by atoms with E-state index in [9.17, 15) is 0 Å². The van der Waals surface area contributed by atoms with Crippen molar-refractivity contribution < 1.29 is 0 Å². The van der Waals surface area contributed by atoms with Gasteiger partial charge in [-0.3, -0.25) is 4.57 Å². The number of rotatable bonds is 5. The van der Waals surface area contributed by atoms with E-state index < -0.39 is 0 Å². The Morgan fingerprint density at radius 2 is 0.786 bits per heavy atom. The van der Waals surface area contributed by atoms with Crippen molar-refractivity contribution in [1.82, 2.24) is 9.55 Å². The molecule has 0 aliphatic rings. The zero-order chi connectivity index (χ0) is 37.2. The summed E-state index contributed by atoms with van der Waals surface area (Å²) in [7, 11) is 0. The first kappa shape index (κ1) is 32.2. The lowest BCUT2D eigenvalue weighted by molar-refractivity contribution is 1.10. The summed E-state index contributed by atoms with van der Waals surface area (Å²) in [6.07, 6.45) is 0. The smallest absolute Gasteiger partial charge is 0.145 e. The van der Waals surface area contributed by atoms with Crippen LogP contribution >= 0.6 is 0 Å². The van der Waals surface area contributed by atoms with Crippen molar-refractivity contribution in [2.45, 2.75) is 6.92 Å². The Morgan fingerprint density at radius 3 is 1.38 bits per heavy atom. The molecule has 0 saturated heterocycles. The van der Waals surface area contributed by atoms with Gasteiger partial charge in [0, 0.05) is 11.3 Å². The first-order valence-corrected chi connectivity index (χ1v) is 19.3. The van der Waals surface area contributed by atoms with E-state index in [2.05, 4.69) is 212 Å². The van der Waals surface area contributed by atoms with Gasteiger partial charge in [-0.15, -0.1) is 0 Å². The van der Waals surface area contributed by atoms with Gasteiger partial charge < -0.3 is 0 Å². The van der Waals surface area contributed by atoms with Crippen LogP contribution in [0.2, 0.25) is 0 Å². The van der Waals surface area contributed by atoms with Crippen LogP contribution in [0.1, 0.15) is 5.56 Å². The van der Waals surface area contributed by atoms with Gasteiger partial charge in [0.1, 0.15) is 5.82 Å². The van der Waals surface area contributed by atoms with Crippen LogP contribution in [-0.4, -0.2) is 9.55 Å². The van der Waals surface area contributed by atoms with Gasteiger partial charge in [0.2, 0.25) is 0 Å². The van der Waals surface area contributed by atoms with Gasteiger partial charge in [-0.25, -0.2) is 4.98 Å². The molecule has 0 unspecified atom stereocenters. The third-order valence-corrected chi connectivity index (χ3v) is 11.4. The molecule has 0 atom stereocenters. The standard InChI is InChI=1S/C54H36N2/c1-35-19-21-36(22-20-35)52-46-13-5-7-15-48(46)53(49-16-8-6-14-47(49)52)43-29-27-39-31-37(23-25-41(39)33-43)38-24-26-42-34-44(30-28-40(42)32-38)54-55-50-17-9-10-18-51(50)56(54)45-11-3-2-4-12-45/h2-34H,1H3. The van der Waals surface area contributed by atoms with E-state index in [1.165, 1.54) is 82.0 Å². The molecule has 0 aliphatic heterocycles. The Hall–Kier alpha value is -7.29. The highest BCUT2D eigenvalue weighted by Crippen LogP contribution is 2.44. The Labute approximate surface area is 325 Å². The summed E-state index contributed by atoms with van der Waals surface area (Å²) < 4.78 is 2.26. The number of aryl methyl sites for hydroxylation is 1. The molecular weight excluding hydrogens is 677 g/mol. The third-order valence-electron chi connectivity index (χ3n) is 11.4. The van der Waals surface area contributed by atoms with Gasteiger partial charge in [0.05, 0.1) is 11.0 Å². The number of fused-ring (bicyclic) bond motifs is 5. The molecule has 0 bridgehead atoms. The average molecular weight is 713 g/mol. The minimum atomic E-state index is 0.945. The van der Waals surface area contributed by atoms with Crippen LogP contribution in [0.25, 0.3) is 105 Å². The number of hydrogen-bond acceptors (Lipinski definition) is 1. The van der Waals surface area contributed by atoms with Crippen LogP contribution in [0.5, 0.6) is 0 Å². The van der Waals surface area contributed by atoms with Gasteiger partial charge in [0.25, 0.3) is 0 Å². The van der Waals surface area contributed by atoms with Gasteiger partial charge >= 0.3 is 0 Å². The zero-order valence-electron chi connectivity index (χ0n) is 30.9. The molecule has 56 heavy (non-hydrogen) atoms. The lowest BCUT2D eigenvalue weighted by Crippen LogP contribution is -1.97. The molecule has 0 radical (unpaired) electrons. The van der Waals surface area contributed by atoms with Crippen LogP contribution in [0.3, 0.4) is 0 Å². The minimum absolute atomic E-state index is 0.945. The molecule has 11 rings (SSSR count). The Balaban J connectivity index is 0.973. The monoisotopic (exact) mass is 712 g/mol. The fraction of sp³-hybridized carbons (Fsp3) is 0.0185. The lowest BCUT2D eigenvalue weighted by Gasteiger charge is -2.18. The number of aromatic nitrogens is 2. The van der Waals surface area contributed by atoms with E-state index >= 15 is 0 Å². The van der Waals surface area contributed by atoms with Gasteiger partial charge in [-0.1, -0.05) is 157 Å². The molecule has 0 spiro atoms. The van der Waals surface area contributed by atoms with Gasteiger partial charge in [-0.2, -0.15) is 0 Å². The molecule has 1 heterocycles. The normalized spacial score (nSPS) is 11.7. The van der Waals surface area contributed by atoms with Crippen molar-refractivity contribution in [3.8, 4) is 50.5 Å². The Morgan fingerprint density at radius 1 is 0.357 bits per heavy atom. The fourth-order valence-corrected chi connectivity index (χ4v) is 8.67. The van der Waals surface area contributed by atoms with Crippen LogP contribution in [-0.2, 0) is 0 Å². The molecule has 0 saturated carbocycles. The summed E-state index contributed by atoms with van der Waals surface area (Å²) >= 11 is 0. The van der Waals surface area contributed by atoms with Crippen molar-refractivity contribution in [3.63, 3.8) is 0 Å². The molecule has 2 nitrogen and oxygen atoms in total. The maximum absolute atomic E-state index is 5.10. The number of imidazole rings is 1. The molecule has 0 amide bonds. The molecule has 2 heteroatoms. The molecule has 11 aromatic rings. The molecule has 262 valence electrons. The zero-order valence-corrected chi connectivity index (χ0v) is 30.9. The summed E-state index contributed by atoms with van der Waals surface area (Å²) in [6.45, 7) is 2.15. The van der Waals surface area contributed by atoms with E-state index in [0.29, 0.717) is 0 Å². The molecule has 10 aromatic carbocycles. The second kappa shape index (κ2) is 12.9. The quantitative estimate of drug-likeness (QED) is 0.162. The Bertz CT molecular complexity index is 3240. The van der Waals surface area contributed by atoms with Crippen molar-refractivity contribution in [2.24, 2.45) is 0 Å². The summed E-state index contributed by atoms with van der Waals surface area (Å²) in [5, 5.41) is 9.95. The average Bonchev–Trinajstić information content (AvgIpc) is 3.65. The highest BCUT2D eigenvalue weighted by molar-refractivity contribution is 6.21. The van der Waals surface area contributed by atoms with E-state index in [1.54, 1.807) is 0 Å². The summed E-state index contributed by atoms with van der Waals surface area (Å²) in [5.41, 5.74) is 13.0. The second-order valence-corrected chi connectivity index (χ2v) is 14.9. The van der Waals surface area contributed by atoms with Crippen molar-refractivity contribution in [1.29, 1.82) is 0 Å². The SMILES string of the molecule is Cc1ccc(-c2c3ccccc3c(-c3ccc4cc(-c5ccc6cc(-c7nc8ccccc8n7-c7ccccc7)ccc6c5)ccc4c3)c3ccccc23)cc1. The second-order valence-electron chi connectivity index (χ2n) is 14.9. The molecular formula is C54H36N2. The van der Waals surface area contributed by atoms with E-state index in [-0.39, 0.29) is 0 Å². The minimum Gasteiger partial charge on any atom is -0.292 e. The lowest BCUT2D eigenvalue weighted by atomic mass is 9.85. The summed E-state index contributed by atoms with van der Waals surface area (Å²) in [4.78, 5) is 5.10. The summed E-state index contributed by atoms with van der Waals surface area (Å²) in [6, 6.07) is 72.9. The van der Waals surface area contributed by atoms with Gasteiger partial charge in [-0.05, 0) is 132 Å². The third kappa shape index (κ3) is 5.30. The maximum Gasteiger partial charge on any atom is 0.145 e. The molecule has 0 fully saturated rings. The first-order chi connectivity index (χ1) is 27.7. The topological polar surface area (TPSA) is 17.8 Å². The molecule has 1 aromatic heterocycles.